The second-order valence-corrected chi connectivity index (χ2v) is 12.3. The fourth-order valence-electron chi connectivity index (χ4n) is 2.17. The van der Waals surface area contributed by atoms with Crippen LogP contribution in [0.5, 0.6) is 5.88 Å². The van der Waals surface area contributed by atoms with Crippen molar-refractivity contribution in [1.29, 1.82) is 0 Å². The van der Waals surface area contributed by atoms with Gasteiger partial charge < -0.3 is 14.9 Å². The average Bonchev–Trinajstić information content (AvgIpc) is 2.50. The molecule has 0 amide bonds. The number of pyridine rings is 1. The maximum absolute atomic E-state index is 6.42. The van der Waals surface area contributed by atoms with Gasteiger partial charge >= 0.3 is 0 Å². The Morgan fingerprint density at radius 2 is 1.87 bits per heavy atom. The molecule has 1 atom stereocenters. The van der Waals surface area contributed by atoms with Crippen LogP contribution in [0.25, 0.3) is 10.9 Å². The maximum Gasteiger partial charge on any atom is 0.213 e. The first-order valence-corrected chi connectivity index (χ1v) is 10.9. The van der Waals surface area contributed by atoms with Crippen LogP contribution in [-0.2, 0) is 4.43 Å². The molecule has 1 aromatic heterocycles. The highest BCUT2D eigenvalue weighted by molar-refractivity contribution is 6.74. The molecule has 0 unspecified atom stereocenters. The number of methoxy groups -OCH3 is 1. The van der Waals surface area contributed by atoms with Crippen LogP contribution in [0, 0.1) is 0 Å². The van der Waals surface area contributed by atoms with Crippen molar-refractivity contribution in [2.24, 2.45) is 5.73 Å². The normalized spacial score (nSPS) is 14.0. The molecule has 4 nitrogen and oxygen atoms in total. The molecule has 0 saturated carbocycles. The first-order chi connectivity index (χ1) is 10.7. The summed E-state index contributed by atoms with van der Waals surface area (Å²) in [6.45, 7) is 11.7. The van der Waals surface area contributed by atoms with Crippen molar-refractivity contribution in [3.8, 4) is 5.88 Å². The quantitative estimate of drug-likeness (QED) is 0.831. The number of fused-ring (bicyclic) bond motifs is 1. The van der Waals surface area contributed by atoms with Gasteiger partial charge in [-0.05, 0) is 29.8 Å². The van der Waals surface area contributed by atoms with Crippen molar-refractivity contribution in [3.05, 3.63) is 35.9 Å². The van der Waals surface area contributed by atoms with E-state index in [1.165, 1.54) is 0 Å². The number of para-hydroxylation sites is 1. The van der Waals surface area contributed by atoms with Crippen molar-refractivity contribution >= 4 is 19.2 Å². The molecule has 1 heterocycles. The van der Waals surface area contributed by atoms with Gasteiger partial charge in [0.05, 0.1) is 25.3 Å². The standard InChI is InChI=1S/C18H28N2O2Si/c1-18(2,3)23(5,6)22-12-15(19)14-9-7-8-13-10-11-16(21-4)20-17(13)14/h7-11,15H,12,19H2,1-6H3/t15-/m1/s1. The summed E-state index contributed by atoms with van der Waals surface area (Å²) in [7, 11) is -0.189. The number of hydrogen-bond donors (Lipinski definition) is 1. The van der Waals surface area contributed by atoms with Crippen LogP contribution in [-0.4, -0.2) is 27.0 Å². The average molecular weight is 333 g/mol. The van der Waals surface area contributed by atoms with Crippen molar-refractivity contribution in [3.63, 3.8) is 0 Å². The van der Waals surface area contributed by atoms with Gasteiger partial charge in [0, 0.05) is 11.5 Å². The minimum absolute atomic E-state index is 0.174. The van der Waals surface area contributed by atoms with Crippen LogP contribution in [0.2, 0.25) is 18.1 Å². The summed E-state index contributed by atoms with van der Waals surface area (Å²) >= 11 is 0. The predicted octanol–water partition coefficient (Wildman–Crippen LogP) is 4.27. The van der Waals surface area contributed by atoms with E-state index < -0.39 is 8.32 Å². The third kappa shape index (κ3) is 3.91. The molecule has 0 fully saturated rings. The van der Waals surface area contributed by atoms with Crippen LogP contribution in [0.15, 0.2) is 30.3 Å². The summed E-state index contributed by atoms with van der Waals surface area (Å²) in [5.74, 6) is 0.600. The zero-order valence-electron chi connectivity index (χ0n) is 15.0. The van der Waals surface area contributed by atoms with Gasteiger partial charge in [-0.25, -0.2) is 4.98 Å². The maximum atomic E-state index is 6.42. The third-order valence-electron chi connectivity index (χ3n) is 4.76. The summed E-state index contributed by atoms with van der Waals surface area (Å²) in [6, 6.07) is 9.74. The number of hydrogen-bond acceptors (Lipinski definition) is 4. The second-order valence-electron chi connectivity index (χ2n) is 7.45. The molecular weight excluding hydrogens is 304 g/mol. The van der Waals surface area contributed by atoms with Gasteiger partial charge in [0.15, 0.2) is 8.32 Å². The van der Waals surface area contributed by atoms with Crippen LogP contribution in [0.4, 0.5) is 0 Å². The molecular formula is C18H28N2O2Si. The van der Waals surface area contributed by atoms with E-state index in [0.717, 1.165) is 16.5 Å². The van der Waals surface area contributed by atoms with E-state index in [2.05, 4.69) is 38.8 Å². The first kappa shape index (κ1) is 17.9. The fraction of sp³-hybridized carbons (Fsp3) is 0.500. The molecule has 0 aliphatic carbocycles. The molecule has 126 valence electrons. The molecule has 2 N–H and O–H groups in total. The summed E-state index contributed by atoms with van der Waals surface area (Å²) in [5.41, 5.74) is 8.31. The largest absolute Gasteiger partial charge is 0.481 e. The highest BCUT2D eigenvalue weighted by atomic mass is 28.4. The summed E-state index contributed by atoms with van der Waals surface area (Å²) in [4.78, 5) is 4.56. The molecule has 1 aromatic carbocycles. The summed E-state index contributed by atoms with van der Waals surface area (Å²) in [5, 5.41) is 1.23. The van der Waals surface area contributed by atoms with Gasteiger partial charge in [-0.15, -0.1) is 0 Å². The van der Waals surface area contributed by atoms with Gasteiger partial charge in [0.1, 0.15) is 0 Å². The first-order valence-electron chi connectivity index (χ1n) is 7.99. The van der Waals surface area contributed by atoms with E-state index in [9.17, 15) is 0 Å². The van der Waals surface area contributed by atoms with Gasteiger partial charge in [0.2, 0.25) is 5.88 Å². The third-order valence-corrected chi connectivity index (χ3v) is 9.27. The Labute approximate surface area is 140 Å². The Kier molecular flexibility index (Phi) is 5.13. The Bertz CT molecular complexity index is 680. The highest BCUT2D eigenvalue weighted by Crippen LogP contribution is 2.37. The number of rotatable bonds is 5. The Balaban J connectivity index is 2.26. The monoisotopic (exact) mass is 332 g/mol. The Morgan fingerprint density at radius 3 is 2.48 bits per heavy atom. The van der Waals surface area contributed by atoms with Crippen molar-refractivity contribution in [1.82, 2.24) is 4.98 Å². The van der Waals surface area contributed by atoms with Crippen LogP contribution in [0.3, 0.4) is 0 Å². The van der Waals surface area contributed by atoms with E-state index in [1.54, 1.807) is 7.11 Å². The lowest BCUT2D eigenvalue weighted by Crippen LogP contribution is -2.42. The highest BCUT2D eigenvalue weighted by Gasteiger charge is 2.37. The van der Waals surface area contributed by atoms with E-state index in [4.69, 9.17) is 14.9 Å². The lowest BCUT2D eigenvalue weighted by atomic mass is 10.0. The smallest absolute Gasteiger partial charge is 0.213 e. The van der Waals surface area contributed by atoms with E-state index in [1.807, 2.05) is 30.3 Å². The second kappa shape index (κ2) is 6.59. The molecule has 0 spiro atoms. The lowest BCUT2D eigenvalue weighted by Gasteiger charge is -2.37. The zero-order chi connectivity index (χ0) is 17.3. The molecule has 0 saturated heterocycles. The number of ether oxygens (including phenoxy) is 1. The van der Waals surface area contributed by atoms with Crippen LogP contribution >= 0.6 is 0 Å². The molecule has 5 heteroatoms. The van der Waals surface area contributed by atoms with Gasteiger partial charge in [-0.3, -0.25) is 0 Å². The van der Waals surface area contributed by atoms with E-state index in [0.29, 0.717) is 12.5 Å². The molecule has 0 aliphatic rings. The Morgan fingerprint density at radius 1 is 1.17 bits per heavy atom. The zero-order valence-corrected chi connectivity index (χ0v) is 16.0. The van der Waals surface area contributed by atoms with Crippen LogP contribution < -0.4 is 10.5 Å². The SMILES string of the molecule is COc1ccc2cccc([C@H](N)CO[Si](C)(C)C(C)(C)C)c2n1. The number of nitrogens with zero attached hydrogens (tertiary/aromatic N) is 1. The number of nitrogens with two attached hydrogens (primary N) is 1. The summed E-state index contributed by atoms with van der Waals surface area (Å²) in [6.07, 6.45) is 0. The summed E-state index contributed by atoms with van der Waals surface area (Å²) < 4.78 is 11.5. The molecule has 0 aliphatic heterocycles. The minimum atomic E-state index is -1.81. The van der Waals surface area contributed by atoms with Crippen molar-refractivity contribution in [2.75, 3.05) is 13.7 Å². The number of benzene rings is 1. The topological polar surface area (TPSA) is 57.4 Å². The molecule has 2 aromatic rings. The number of aromatic nitrogens is 1. The van der Waals surface area contributed by atoms with Crippen LogP contribution in [0.1, 0.15) is 32.4 Å². The van der Waals surface area contributed by atoms with Crippen molar-refractivity contribution < 1.29 is 9.16 Å². The van der Waals surface area contributed by atoms with Gasteiger partial charge in [-0.2, -0.15) is 0 Å². The van der Waals surface area contributed by atoms with Gasteiger partial charge in [0.25, 0.3) is 0 Å². The Hall–Kier alpha value is -1.43. The van der Waals surface area contributed by atoms with Gasteiger partial charge in [-0.1, -0.05) is 39.0 Å². The van der Waals surface area contributed by atoms with E-state index in [-0.39, 0.29) is 11.1 Å². The van der Waals surface area contributed by atoms with E-state index >= 15 is 0 Å². The minimum Gasteiger partial charge on any atom is -0.481 e. The predicted molar refractivity (Wildman–Crippen MR) is 98.4 cm³/mol. The molecule has 0 radical (unpaired) electrons. The fourth-order valence-corrected chi connectivity index (χ4v) is 3.20. The molecule has 23 heavy (non-hydrogen) atoms. The lowest BCUT2D eigenvalue weighted by molar-refractivity contribution is 0.265. The molecule has 0 bridgehead atoms. The molecule has 2 rings (SSSR count). The van der Waals surface area contributed by atoms with Crippen molar-refractivity contribution in [2.45, 2.75) is 44.9 Å².